The Balaban J connectivity index is 1.76. The summed E-state index contributed by atoms with van der Waals surface area (Å²) in [6.45, 7) is 9.86. The van der Waals surface area contributed by atoms with E-state index in [9.17, 15) is 4.79 Å². The second kappa shape index (κ2) is 8.66. The Bertz CT molecular complexity index is 508. The van der Waals surface area contributed by atoms with Gasteiger partial charge in [0.15, 0.2) is 0 Å². The van der Waals surface area contributed by atoms with E-state index in [2.05, 4.69) is 24.1 Å². The minimum atomic E-state index is -0.0125. The molecule has 0 bridgehead atoms. The van der Waals surface area contributed by atoms with Crippen molar-refractivity contribution in [2.75, 3.05) is 33.4 Å². The van der Waals surface area contributed by atoms with Crippen LogP contribution in [0.15, 0.2) is 6.07 Å². The lowest BCUT2D eigenvalue weighted by atomic mass is 10.0. The summed E-state index contributed by atoms with van der Waals surface area (Å²) in [6.07, 6.45) is 2.26. The zero-order chi connectivity index (χ0) is 16.8. The highest BCUT2D eigenvalue weighted by atomic mass is 32.1. The largest absolute Gasteiger partial charge is 0.495 e. The van der Waals surface area contributed by atoms with Crippen LogP contribution in [-0.4, -0.2) is 56.3 Å². The molecule has 2 heterocycles. The number of nitrogens with one attached hydrogen (secondary N) is 1. The lowest BCUT2D eigenvalue weighted by Gasteiger charge is -2.32. The Morgan fingerprint density at radius 2 is 2.13 bits per heavy atom. The van der Waals surface area contributed by atoms with Crippen LogP contribution in [0.2, 0.25) is 0 Å². The second-order valence-corrected chi connectivity index (χ2v) is 7.52. The number of piperidine rings is 1. The van der Waals surface area contributed by atoms with Crippen molar-refractivity contribution in [3.05, 3.63) is 15.8 Å². The van der Waals surface area contributed by atoms with Crippen molar-refractivity contribution >= 4 is 17.2 Å². The first-order valence-electron chi connectivity index (χ1n) is 8.29. The number of methoxy groups -OCH3 is 1. The van der Waals surface area contributed by atoms with E-state index >= 15 is 0 Å². The number of hydrogen-bond acceptors (Lipinski definition) is 5. The molecule has 1 N–H and O–H groups in total. The third-order valence-electron chi connectivity index (χ3n) is 4.03. The SMILES string of the molecule is COc1cc(C)sc1C(=O)NC1CCN(CCOC(C)C)CC1. The Kier molecular flexibility index (Phi) is 6.87. The van der Waals surface area contributed by atoms with E-state index in [1.165, 1.54) is 11.3 Å². The minimum absolute atomic E-state index is 0.0125. The van der Waals surface area contributed by atoms with Gasteiger partial charge in [-0.05, 0) is 39.7 Å². The molecule has 1 fully saturated rings. The third kappa shape index (κ3) is 5.48. The number of ether oxygens (including phenoxy) is 2. The molecule has 1 aliphatic heterocycles. The maximum atomic E-state index is 12.4. The molecule has 130 valence electrons. The molecule has 1 aromatic rings. The molecule has 0 aromatic carbocycles. The van der Waals surface area contributed by atoms with Crippen molar-refractivity contribution in [2.45, 2.75) is 45.8 Å². The summed E-state index contributed by atoms with van der Waals surface area (Å²) in [5.41, 5.74) is 0. The molecule has 23 heavy (non-hydrogen) atoms. The molecule has 0 aliphatic carbocycles. The van der Waals surface area contributed by atoms with E-state index in [1.807, 2.05) is 13.0 Å². The molecule has 1 aliphatic rings. The number of rotatable bonds is 7. The first-order valence-corrected chi connectivity index (χ1v) is 9.10. The molecule has 5 nitrogen and oxygen atoms in total. The summed E-state index contributed by atoms with van der Waals surface area (Å²) < 4.78 is 10.9. The standard InChI is InChI=1S/C17H28N2O3S/c1-12(2)22-10-9-19-7-5-14(6-8-19)18-17(20)16-15(21-4)11-13(3)23-16/h11-12,14H,5-10H2,1-4H3,(H,18,20). The van der Waals surface area contributed by atoms with Crippen LogP contribution in [0.1, 0.15) is 41.2 Å². The normalized spacial score (nSPS) is 16.7. The summed E-state index contributed by atoms with van der Waals surface area (Å²) in [4.78, 5) is 16.6. The fraction of sp³-hybridized carbons (Fsp3) is 0.706. The quantitative estimate of drug-likeness (QED) is 0.829. The molecule has 1 aromatic heterocycles. The van der Waals surface area contributed by atoms with Crippen LogP contribution >= 0.6 is 11.3 Å². The molecule has 0 atom stereocenters. The zero-order valence-electron chi connectivity index (χ0n) is 14.6. The van der Waals surface area contributed by atoms with E-state index in [0.29, 0.717) is 10.6 Å². The summed E-state index contributed by atoms with van der Waals surface area (Å²) in [5.74, 6) is 0.662. The molecule has 1 saturated heterocycles. The average Bonchev–Trinajstić information content (AvgIpc) is 2.90. The number of thiophene rings is 1. The number of nitrogens with zero attached hydrogens (tertiary/aromatic N) is 1. The monoisotopic (exact) mass is 340 g/mol. The molecule has 0 radical (unpaired) electrons. The van der Waals surface area contributed by atoms with Gasteiger partial charge in [-0.3, -0.25) is 4.79 Å². The molecule has 1 amide bonds. The Morgan fingerprint density at radius 1 is 1.43 bits per heavy atom. The number of carbonyl (C=O) groups is 1. The van der Waals surface area contributed by atoms with E-state index in [-0.39, 0.29) is 18.1 Å². The fourth-order valence-electron chi connectivity index (χ4n) is 2.77. The van der Waals surface area contributed by atoms with Crippen LogP contribution in [0.25, 0.3) is 0 Å². The Hall–Kier alpha value is -1.11. The molecule has 2 rings (SSSR count). The van der Waals surface area contributed by atoms with Gasteiger partial charge in [-0.1, -0.05) is 0 Å². The predicted molar refractivity (Wildman–Crippen MR) is 93.6 cm³/mol. The first kappa shape index (κ1) is 18.2. The smallest absolute Gasteiger partial charge is 0.265 e. The molecule has 0 saturated carbocycles. The van der Waals surface area contributed by atoms with Crippen LogP contribution in [0, 0.1) is 6.92 Å². The van der Waals surface area contributed by atoms with Gasteiger partial charge >= 0.3 is 0 Å². The predicted octanol–water partition coefficient (Wildman–Crippen LogP) is 2.68. The van der Waals surface area contributed by atoms with Crippen LogP contribution in [-0.2, 0) is 4.74 Å². The van der Waals surface area contributed by atoms with Crippen LogP contribution < -0.4 is 10.1 Å². The Morgan fingerprint density at radius 3 is 2.74 bits per heavy atom. The molecule has 0 spiro atoms. The van der Waals surface area contributed by atoms with E-state index in [1.54, 1.807) is 7.11 Å². The molecular formula is C17H28N2O3S. The van der Waals surface area contributed by atoms with Gasteiger partial charge in [-0.2, -0.15) is 0 Å². The number of amides is 1. The lowest BCUT2D eigenvalue weighted by molar-refractivity contribution is 0.0520. The van der Waals surface area contributed by atoms with E-state index in [4.69, 9.17) is 9.47 Å². The third-order valence-corrected chi connectivity index (χ3v) is 5.06. The van der Waals surface area contributed by atoms with Gasteiger partial charge in [-0.15, -0.1) is 11.3 Å². The van der Waals surface area contributed by atoms with Gasteiger partial charge < -0.3 is 19.7 Å². The highest BCUT2D eigenvalue weighted by molar-refractivity contribution is 7.14. The maximum Gasteiger partial charge on any atom is 0.265 e. The van der Waals surface area contributed by atoms with Crippen LogP contribution in [0.5, 0.6) is 5.75 Å². The fourth-order valence-corrected chi connectivity index (χ4v) is 3.65. The van der Waals surface area contributed by atoms with Crippen molar-refractivity contribution in [3.63, 3.8) is 0 Å². The summed E-state index contributed by atoms with van der Waals surface area (Å²) in [7, 11) is 1.61. The molecular weight excluding hydrogens is 312 g/mol. The van der Waals surface area contributed by atoms with Gasteiger partial charge in [0.2, 0.25) is 0 Å². The maximum absolute atomic E-state index is 12.4. The van der Waals surface area contributed by atoms with Gasteiger partial charge in [0.1, 0.15) is 10.6 Å². The van der Waals surface area contributed by atoms with Crippen molar-refractivity contribution in [1.82, 2.24) is 10.2 Å². The van der Waals surface area contributed by atoms with Crippen molar-refractivity contribution in [1.29, 1.82) is 0 Å². The zero-order valence-corrected chi connectivity index (χ0v) is 15.4. The molecule has 0 unspecified atom stereocenters. The number of likely N-dealkylation sites (tertiary alicyclic amines) is 1. The Labute approximate surface area is 143 Å². The average molecular weight is 340 g/mol. The van der Waals surface area contributed by atoms with Gasteiger partial charge in [-0.25, -0.2) is 0 Å². The van der Waals surface area contributed by atoms with E-state index in [0.717, 1.165) is 44.0 Å². The van der Waals surface area contributed by atoms with Crippen LogP contribution in [0.3, 0.4) is 0 Å². The van der Waals surface area contributed by atoms with Crippen LogP contribution in [0.4, 0.5) is 0 Å². The molecule has 6 heteroatoms. The summed E-state index contributed by atoms with van der Waals surface area (Å²) in [6, 6.07) is 2.16. The van der Waals surface area contributed by atoms with Gasteiger partial charge in [0.25, 0.3) is 5.91 Å². The van der Waals surface area contributed by atoms with Gasteiger partial charge in [0.05, 0.1) is 19.8 Å². The summed E-state index contributed by atoms with van der Waals surface area (Å²) in [5, 5.41) is 3.15. The van der Waals surface area contributed by atoms with Gasteiger partial charge in [0, 0.05) is 30.6 Å². The lowest BCUT2D eigenvalue weighted by Crippen LogP contribution is -2.45. The van der Waals surface area contributed by atoms with Crippen molar-refractivity contribution < 1.29 is 14.3 Å². The topological polar surface area (TPSA) is 50.8 Å². The number of aryl methyl sites for hydroxylation is 1. The summed E-state index contributed by atoms with van der Waals surface area (Å²) >= 11 is 1.49. The van der Waals surface area contributed by atoms with E-state index < -0.39 is 0 Å². The van der Waals surface area contributed by atoms with Crippen molar-refractivity contribution in [3.8, 4) is 5.75 Å². The number of carbonyl (C=O) groups excluding carboxylic acids is 1. The second-order valence-electron chi connectivity index (χ2n) is 6.26. The first-order chi connectivity index (χ1) is 11.0. The van der Waals surface area contributed by atoms with Crippen molar-refractivity contribution in [2.24, 2.45) is 0 Å². The number of hydrogen-bond donors (Lipinski definition) is 1. The highest BCUT2D eigenvalue weighted by Gasteiger charge is 2.23. The highest BCUT2D eigenvalue weighted by Crippen LogP contribution is 2.28. The minimum Gasteiger partial charge on any atom is -0.495 e.